The first kappa shape index (κ1) is 10.2. The summed E-state index contributed by atoms with van der Waals surface area (Å²) in [6, 6.07) is 4.89. The zero-order valence-electron chi connectivity index (χ0n) is 8.88. The fraction of sp³-hybridized carbons (Fsp3) is 0.364. The SMILES string of the molecule is O=C1N[C@@H](CO)[C@H](c2ccc3c(c2)OCO3)O1. The molecule has 1 saturated heterocycles. The van der Waals surface area contributed by atoms with Crippen LogP contribution in [0, 0.1) is 0 Å². The fourth-order valence-corrected chi connectivity index (χ4v) is 1.99. The zero-order chi connectivity index (χ0) is 11.8. The van der Waals surface area contributed by atoms with E-state index in [0.29, 0.717) is 11.5 Å². The average Bonchev–Trinajstić information content (AvgIpc) is 2.93. The summed E-state index contributed by atoms with van der Waals surface area (Å²) in [5.74, 6) is 1.30. The summed E-state index contributed by atoms with van der Waals surface area (Å²) in [7, 11) is 0. The molecule has 1 amide bonds. The highest BCUT2D eigenvalue weighted by molar-refractivity contribution is 5.70. The van der Waals surface area contributed by atoms with Crippen LogP contribution in [0.15, 0.2) is 18.2 Å². The van der Waals surface area contributed by atoms with Crippen molar-refractivity contribution in [3.8, 4) is 11.5 Å². The number of alkyl carbamates (subject to hydrolysis) is 1. The second-order valence-corrected chi connectivity index (χ2v) is 3.87. The predicted molar refractivity (Wildman–Crippen MR) is 55.8 cm³/mol. The van der Waals surface area contributed by atoms with Gasteiger partial charge in [0.05, 0.1) is 12.6 Å². The van der Waals surface area contributed by atoms with E-state index in [1.165, 1.54) is 0 Å². The number of amides is 1. The lowest BCUT2D eigenvalue weighted by atomic mass is 10.0. The summed E-state index contributed by atoms with van der Waals surface area (Å²) in [5, 5.41) is 11.7. The van der Waals surface area contributed by atoms with Crippen molar-refractivity contribution in [2.75, 3.05) is 13.4 Å². The summed E-state index contributed by atoms with van der Waals surface area (Å²) in [6.45, 7) is 0.0236. The first-order valence-corrected chi connectivity index (χ1v) is 5.25. The number of aliphatic hydroxyl groups excluding tert-OH is 1. The van der Waals surface area contributed by atoms with Gasteiger partial charge in [-0.3, -0.25) is 0 Å². The third kappa shape index (κ3) is 1.66. The first-order chi connectivity index (χ1) is 8.28. The molecule has 0 unspecified atom stereocenters. The van der Waals surface area contributed by atoms with E-state index in [4.69, 9.17) is 19.3 Å². The third-order valence-corrected chi connectivity index (χ3v) is 2.82. The minimum atomic E-state index is -0.522. The molecule has 0 saturated carbocycles. The molecule has 2 atom stereocenters. The Kier molecular flexibility index (Phi) is 2.29. The topological polar surface area (TPSA) is 77.0 Å². The summed E-state index contributed by atoms with van der Waals surface area (Å²) >= 11 is 0. The molecule has 3 rings (SSSR count). The molecule has 6 heteroatoms. The number of benzene rings is 1. The van der Waals surface area contributed by atoms with Crippen LogP contribution in [0.5, 0.6) is 11.5 Å². The minimum absolute atomic E-state index is 0.176. The Balaban J connectivity index is 1.91. The summed E-state index contributed by atoms with van der Waals surface area (Å²) in [5.41, 5.74) is 0.770. The molecule has 0 aromatic heterocycles. The molecule has 17 heavy (non-hydrogen) atoms. The Morgan fingerprint density at radius 3 is 3.00 bits per heavy atom. The predicted octanol–water partition coefficient (Wildman–Crippen LogP) is 0.557. The van der Waals surface area contributed by atoms with E-state index < -0.39 is 18.2 Å². The molecular weight excluding hydrogens is 226 g/mol. The van der Waals surface area contributed by atoms with Crippen LogP contribution in [-0.4, -0.2) is 30.6 Å². The zero-order valence-corrected chi connectivity index (χ0v) is 8.88. The van der Waals surface area contributed by atoms with Gasteiger partial charge in [0, 0.05) is 0 Å². The van der Waals surface area contributed by atoms with Crippen molar-refractivity contribution in [3.05, 3.63) is 23.8 Å². The highest BCUT2D eigenvalue weighted by Crippen LogP contribution is 2.36. The van der Waals surface area contributed by atoms with Crippen LogP contribution in [0.2, 0.25) is 0 Å². The molecule has 6 nitrogen and oxygen atoms in total. The molecule has 0 bridgehead atoms. The molecule has 90 valence electrons. The average molecular weight is 237 g/mol. The molecule has 2 N–H and O–H groups in total. The van der Waals surface area contributed by atoms with E-state index in [9.17, 15) is 4.79 Å². The maximum absolute atomic E-state index is 11.1. The van der Waals surface area contributed by atoms with E-state index in [1.807, 2.05) is 0 Å². The van der Waals surface area contributed by atoms with Crippen molar-refractivity contribution in [1.82, 2.24) is 5.32 Å². The molecule has 0 aliphatic carbocycles. The molecule has 1 aromatic rings. The van der Waals surface area contributed by atoms with Gasteiger partial charge in [-0.1, -0.05) is 6.07 Å². The number of cyclic esters (lactones) is 1. The monoisotopic (exact) mass is 237 g/mol. The molecule has 2 aliphatic heterocycles. The van der Waals surface area contributed by atoms with Gasteiger partial charge in [-0.2, -0.15) is 0 Å². The van der Waals surface area contributed by atoms with Crippen molar-refractivity contribution in [2.24, 2.45) is 0 Å². The normalized spacial score (nSPS) is 25.6. The van der Waals surface area contributed by atoms with Crippen LogP contribution >= 0.6 is 0 Å². The number of carbonyl (C=O) groups excluding carboxylic acids is 1. The highest BCUT2D eigenvalue weighted by atomic mass is 16.7. The maximum Gasteiger partial charge on any atom is 0.408 e. The van der Waals surface area contributed by atoms with Crippen LogP contribution in [0.1, 0.15) is 11.7 Å². The number of carbonyl (C=O) groups is 1. The Bertz CT molecular complexity index is 461. The lowest BCUT2D eigenvalue weighted by molar-refractivity contribution is 0.119. The van der Waals surface area contributed by atoms with E-state index in [2.05, 4.69) is 5.32 Å². The fourth-order valence-electron chi connectivity index (χ4n) is 1.99. The van der Waals surface area contributed by atoms with Gasteiger partial charge in [0.15, 0.2) is 17.6 Å². The lowest BCUT2D eigenvalue weighted by Crippen LogP contribution is -2.31. The molecule has 0 spiro atoms. The van der Waals surface area contributed by atoms with Gasteiger partial charge in [0.2, 0.25) is 6.79 Å². The number of hydrogen-bond acceptors (Lipinski definition) is 5. The van der Waals surface area contributed by atoms with Crippen molar-refractivity contribution in [2.45, 2.75) is 12.1 Å². The minimum Gasteiger partial charge on any atom is -0.454 e. The van der Waals surface area contributed by atoms with Crippen molar-refractivity contribution >= 4 is 6.09 Å². The van der Waals surface area contributed by atoms with Crippen LogP contribution in [0.3, 0.4) is 0 Å². The number of rotatable bonds is 2. The number of ether oxygens (including phenoxy) is 3. The van der Waals surface area contributed by atoms with Gasteiger partial charge in [-0.15, -0.1) is 0 Å². The van der Waals surface area contributed by atoms with Crippen molar-refractivity contribution < 1.29 is 24.1 Å². The van der Waals surface area contributed by atoms with Gasteiger partial charge in [-0.05, 0) is 17.7 Å². The Hall–Kier alpha value is -1.95. The van der Waals surface area contributed by atoms with Gasteiger partial charge < -0.3 is 24.6 Å². The van der Waals surface area contributed by atoms with Crippen LogP contribution < -0.4 is 14.8 Å². The second kappa shape index (κ2) is 3.81. The first-order valence-electron chi connectivity index (χ1n) is 5.25. The van der Waals surface area contributed by atoms with Crippen molar-refractivity contribution in [1.29, 1.82) is 0 Å². The standard InChI is InChI=1S/C11H11NO5/c13-4-7-10(17-11(14)12-7)6-1-2-8-9(3-6)16-5-15-8/h1-3,7,10,13H,4-5H2,(H,12,14)/t7-,10-/m0/s1. The van der Waals surface area contributed by atoms with Crippen molar-refractivity contribution in [3.63, 3.8) is 0 Å². The summed E-state index contributed by atoms with van der Waals surface area (Å²) in [4.78, 5) is 11.1. The molecule has 2 heterocycles. The van der Waals surface area contributed by atoms with E-state index in [0.717, 1.165) is 5.56 Å². The van der Waals surface area contributed by atoms with Gasteiger partial charge in [-0.25, -0.2) is 4.79 Å². The maximum atomic E-state index is 11.1. The molecule has 1 aromatic carbocycles. The summed E-state index contributed by atoms with van der Waals surface area (Å²) in [6.07, 6.45) is -1.02. The second-order valence-electron chi connectivity index (χ2n) is 3.87. The molecule has 1 fully saturated rings. The molecule has 0 radical (unpaired) electrons. The number of hydrogen-bond donors (Lipinski definition) is 2. The van der Waals surface area contributed by atoms with Gasteiger partial charge in [0.1, 0.15) is 0 Å². The summed E-state index contributed by atoms with van der Waals surface area (Å²) < 4.78 is 15.5. The van der Waals surface area contributed by atoms with Crippen LogP contribution in [0.4, 0.5) is 4.79 Å². The Morgan fingerprint density at radius 1 is 1.35 bits per heavy atom. The quantitative estimate of drug-likeness (QED) is 0.785. The molecule has 2 aliphatic rings. The molecular formula is C11H11NO5. The number of aliphatic hydroxyl groups is 1. The van der Waals surface area contributed by atoms with Crippen LogP contribution in [0.25, 0.3) is 0 Å². The highest BCUT2D eigenvalue weighted by Gasteiger charge is 2.35. The largest absolute Gasteiger partial charge is 0.454 e. The Morgan fingerprint density at radius 2 is 2.18 bits per heavy atom. The van der Waals surface area contributed by atoms with E-state index in [-0.39, 0.29) is 13.4 Å². The third-order valence-electron chi connectivity index (χ3n) is 2.82. The van der Waals surface area contributed by atoms with E-state index in [1.54, 1.807) is 18.2 Å². The number of fused-ring (bicyclic) bond motifs is 1. The smallest absolute Gasteiger partial charge is 0.408 e. The van der Waals surface area contributed by atoms with Crippen LogP contribution in [-0.2, 0) is 4.74 Å². The Labute approximate surface area is 97.1 Å². The van der Waals surface area contributed by atoms with Gasteiger partial charge >= 0.3 is 6.09 Å². The van der Waals surface area contributed by atoms with E-state index >= 15 is 0 Å². The van der Waals surface area contributed by atoms with Gasteiger partial charge in [0.25, 0.3) is 0 Å². The lowest BCUT2D eigenvalue weighted by Gasteiger charge is -2.15. The number of nitrogens with one attached hydrogen (secondary N) is 1.